The molecule has 1 aromatic heterocycles. The first kappa shape index (κ1) is 13.4. The van der Waals surface area contributed by atoms with E-state index < -0.39 is 10.0 Å². The molecule has 1 aromatic rings. The minimum atomic E-state index is -3.23. The molecular formula is C9H17N3O2S2. The van der Waals surface area contributed by atoms with Crippen molar-refractivity contribution in [3.63, 3.8) is 0 Å². The Morgan fingerprint density at radius 3 is 2.75 bits per heavy atom. The maximum atomic E-state index is 11.6. The number of rotatable bonds is 7. The van der Waals surface area contributed by atoms with Gasteiger partial charge in [0, 0.05) is 11.1 Å². The van der Waals surface area contributed by atoms with Gasteiger partial charge in [-0.2, -0.15) is 0 Å². The fourth-order valence-electron chi connectivity index (χ4n) is 1.18. The zero-order valence-corrected chi connectivity index (χ0v) is 11.1. The highest BCUT2D eigenvalue weighted by Gasteiger charge is 2.11. The van der Waals surface area contributed by atoms with Gasteiger partial charge in [-0.1, -0.05) is 0 Å². The number of nitrogens with zero attached hydrogens (tertiary/aromatic N) is 1. The van der Waals surface area contributed by atoms with Gasteiger partial charge in [0.05, 0.1) is 5.75 Å². The fourth-order valence-corrected chi connectivity index (χ4v) is 3.25. The lowest BCUT2D eigenvalue weighted by Gasteiger charge is -2.04. The molecule has 92 valence electrons. The van der Waals surface area contributed by atoms with E-state index in [-0.39, 0.29) is 5.75 Å². The second-order valence-corrected chi connectivity index (χ2v) is 6.58. The van der Waals surface area contributed by atoms with Gasteiger partial charge >= 0.3 is 0 Å². The minimum Gasteiger partial charge on any atom is -0.320 e. The van der Waals surface area contributed by atoms with E-state index in [1.54, 1.807) is 6.20 Å². The van der Waals surface area contributed by atoms with Crippen molar-refractivity contribution in [2.75, 3.05) is 24.1 Å². The van der Waals surface area contributed by atoms with Gasteiger partial charge in [-0.15, -0.1) is 11.3 Å². The highest BCUT2D eigenvalue weighted by atomic mass is 32.2. The topological polar surface area (TPSA) is 71.1 Å². The second kappa shape index (κ2) is 6.17. The predicted octanol–water partition coefficient (Wildman–Crippen LogP) is 1.19. The van der Waals surface area contributed by atoms with Crippen molar-refractivity contribution in [2.24, 2.45) is 0 Å². The van der Waals surface area contributed by atoms with E-state index in [1.807, 2.05) is 14.0 Å². The van der Waals surface area contributed by atoms with Crippen molar-refractivity contribution >= 4 is 26.5 Å². The summed E-state index contributed by atoms with van der Waals surface area (Å²) in [6, 6.07) is 0. The Kier molecular flexibility index (Phi) is 5.17. The minimum absolute atomic E-state index is 0.146. The monoisotopic (exact) mass is 263 g/mol. The summed E-state index contributed by atoms with van der Waals surface area (Å²) in [4.78, 5) is 4.95. The van der Waals surface area contributed by atoms with Gasteiger partial charge in [-0.05, 0) is 33.4 Å². The van der Waals surface area contributed by atoms with Crippen LogP contribution in [0.4, 0.5) is 5.13 Å². The molecule has 1 heterocycles. The average Bonchev–Trinajstić information content (AvgIpc) is 2.58. The lowest BCUT2D eigenvalue weighted by Crippen LogP contribution is -2.17. The van der Waals surface area contributed by atoms with E-state index >= 15 is 0 Å². The largest absolute Gasteiger partial charge is 0.320 e. The maximum absolute atomic E-state index is 11.6. The molecule has 0 spiro atoms. The number of aromatic nitrogens is 1. The summed E-state index contributed by atoms with van der Waals surface area (Å²) < 4.78 is 25.7. The SMILES string of the molecule is CNCCCCS(=O)(=O)Nc1ncc(C)s1. The van der Waals surface area contributed by atoms with Gasteiger partial charge in [-0.25, -0.2) is 13.4 Å². The van der Waals surface area contributed by atoms with Crippen LogP contribution in [0.3, 0.4) is 0 Å². The third kappa shape index (κ3) is 4.91. The van der Waals surface area contributed by atoms with Crippen LogP contribution in [0.2, 0.25) is 0 Å². The molecule has 0 atom stereocenters. The van der Waals surface area contributed by atoms with Gasteiger partial charge in [0.25, 0.3) is 0 Å². The second-order valence-electron chi connectivity index (χ2n) is 3.51. The highest BCUT2D eigenvalue weighted by molar-refractivity contribution is 7.92. The van der Waals surface area contributed by atoms with Crippen LogP contribution >= 0.6 is 11.3 Å². The Labute approximate surface area is 100 Å². The van der Waals surface area contributed by atoms with E-state index in [1.165, 1.54) is 11.3 Å². The van der Waals surface area contributed by atoms with Crippen LogP contribution in [-0.2, 0) is 10.0 Å². The predicted molar refractivity (Wildman–Crippen MR) is 67.4 cm³/mol. The number of hydrogen-bond donors (Lipinski definition) is 2. The van der Waals surface area contributed by atoms with Crippen molar-refractivity contribution in [1.29, 1.82) is 0 Å². The van der Waals surface area contributed by atoms with Crippen molar-refractivity contribution in [3.8, 4) is 0 Å². The quantitative estimate of drug-likeness (QED) is 0.725. The number of thiazole rings is 1. The average molecular weight is 263 g/mol. The summed E-state index contributed by atoms with van der Waals surface area (Å²) in [5.41, 5.74) is 0. The first-order valence-corrected chi connectivity index (χ1v) is 7.58. The fraction of sp³-hybridized carbons (Fsp3) is 0.667. The summed E-state index contributed by atoms with van der Waals surface area (Å²) in [5, 5.41) is 3.43. The van der Waals surface area contributed by atoms with Crippen LogP contribution in [0.5, 0.6) is 0 Å². The van der Waals surface area contributed by atoms with Crippen molar-refractivity contribution in [2.45, 2.75) is 19.8 Å². The van der Waals surface area contributed by atoms with Gasteiger partial charge in [0.1, 0.15) is 0 Å². The lowest BCUT2D eigenvalue weighted by molar-refractivity contribution is 0.595. The molecule has 2 N–H and O–H groups in total. The van der Waals surface area contributed by atoms with Gasteiger partial charge in [0.15, 0.2) is 5.13 Å². The summed E-state index contributed by atoms with van der Waals surface area (Å²) in [6.07, 6.45) is 3.17. The number of unbranched alkanes of at least 4 members (excludes halogenated alkanes) is 1. The Morgan fingerprint density at radius 2 is 2.19 bits per heavy atom. The standard InChI is InChI=1S/C9H17N3O2S2/c1-8-7-11-9(15-8)12-16(13,14)6-4-3-5-10-2/h7,10H,3-6H2,1-2H3,(H,11,12). The lowest BCUT2D eigenvalue weighted by atomic mass is 10.3. The smallest absolute Gasteiger partial charge is 0.234 e. The summed E-state index contributed by atoms with van der Waals surface area (Å²) in [6.45, 7) is 2.73. The zero-order valence-electron chi connectivity index (χ0n) is 9.49. The number of anilines is 1. The Hall–Kier alpha value is -0.660. The first-order chi connectivity index (χ1) is 7.53. The number of sulfonamides is 1. The summed E-state index contributed by atoms with van der Waals surface area (Å²) >= 11 is 1.34. The molecule has 0 amide bonds. The first-order valence-electron chi connectivity index (χ1n) is 5.11. The zero-order chi connectivity index (χ0) is 12.0. The molecular weight excluding hydrogens is 246 g/mol. The van der Waals surface area contributed by atoms with Gasteiger partial charge in [-0.3, -0.25) is 4.72 Å². The van der Waals surface area contributed by atoms with E-state index in [2.05, 4.69) is 15.0 Å². The Morgan fingerprint density at radius 1 is 1.44 bits per heavy atom. The third-order valence-corrected chi connectivity index (χ3v) is 4.24. The van der Waals surface area contributed by atoms with Crippen LogP contribution < -0.4 is 10.0 Å². The molecule has 0 saturated heterocycles. The Balaban J connectivity index is 2.40. The normalized spacial score (nSPS) is 11.6. The third-order valence-electron chi connectivity index (χ3n) is 1.95. The molecule has 16 heavy (non-hydrogen) atoms. The molecule has 5 nitrogen and oxygen atoms in total. The molecule has 7 heteroatoms. The number of hydrogen-bond acceptors (Lipinski definition) is 5. The van der Waals surface area contributed by atoms with Crippen molar-refractivity contribution in [1.82, 2.24) is 10.3 Å². The summed E-state index contributed by atoms with van der Waals surface area (Å²) in [7, 11) is -1.38. The molecule has 0 aliphatic heterocycles. The number of nitrogens with one attached hydrogen (secondary N) is 2. The molecule has 0 aliphatic carbocycles. The molecule has 0 aromatic carbocycles. The van der Waals surface area contributed by atoms with Crippen LogP contribution in [0.1, 0.15) is 17.7 Å². The van der Waals surface area contributed by atoms with Crippen LogP contribution in [0, 0.1) is 6.92 Å². The molecule has 0 aliphatic rings. The van der Waals surface area contributed by atoms with Crippen LogP contribution in [0.15, 0.2) is 6.20 Å². The van der Waals surface area contributed by atoms with Crippen molar-refractivity contribution < 1.29 is 8.42 Å². The maximum Gasteiger partial charge on any atom is 0.234 e. The molecule has 0 fully saturated rings. The molecule has 0 bridgehead atoms. The summed E-state index contributed by atoms with van der Waals surface area (Å²) in [5.74, 6) is 0.146. The molecule has 1 rings (SSSR count). The Bertz CT molecular complexity index is 414. The van der Waals surface area contributed by atoms with E-state index in [0.717, 1.165) is 17.8 Å². The van der Waals surface area contributed by atoms with Crippen molar-refractivity contribution in [3.05, 3.63) is 11.1 Å². The highest BCUT2D eigenvalue weighted by Crippen LogP contribution is 2.18. The van der Waals surface area contributed by atoms with Crippen LogP contribution in [0.25, 0.3) is 0 Å². The molecule has 0 radical (unpaired) electrons. The molecule has 0 saturated carbocycles. The number of aryl methyl sites for hydroxylation is 1. The van der Waals surface area contributed by atoms with Crippen LogP contribution in [-0.4, -0.2) is 32.7 Å². The van der Waals surface area contributed by atoms with E-state index in [9.17, 15) is 8.42 Å². The van der Waals surface area contributed by atoms with E-state index in [0.29, 0.717) is 11.6 Å². The van der Waals surface area contributed by atoms with Gasteiger partial charge in [0.2, 0.25) is 10.0 Å². The molecule has 0 unspecified atom stereocenters. The van der Waals surface area contributed by atoms with E-state index in [4.69, 9.17) is 0 Å². The van der Waals surface area contributed by atoms with Gasteiger partial charge < -0.3 is 5.32 Å².